The summed E-state index contributed by atoms with van der Waals surface area (Å²) in [6.07, 6.45) is 0.715. The molecule has 0 spiro atoms. The van der Waals surface area contributed by atoms with E-state index in [9.17, 15) is 0 Å². The van der Waals surface area contributed by atoms with Gasteiger partial charge in [0.1, 0.15) is 5.82 Å². The number of benzene rings is 2. The van der Waals surface area contributed by atoms with E-state index < -0.39 is 0 Å². The Bertz CT molecular complexity index is 1080. The normalized spacial score (nSPS) is 11.1. The third kappa shape index (κ3) is 5.16. The van der Waals surface area contributed by atoms with Crippen LogP contribution in [-0.2, 0) is 23.5 Å². The third-order valence-corrected chi connectivity index (χ3v) is 5.88. The van der Waals surface area contributed by atoms with Crippen molar-refractivity contribution in [3.05, 3.63) is 76.3 Å². The van der Waals surface area contributed by atoms with Crippen LogP contribution < -0.4 is 0 Å². The van der Waals surface area contributed by atoms with Crippen LogP contribution in [0.25, 0.3) is 11.5 Å². The summed E-state index contributed by atoms with van der Waals surface area (Å²) in [4.78, 5) is 0. The molecule has 0 saturated carbocycles. The van der Waals surface area contributed by atoms with Gasteiger partial charge in [0.05, 0.1) is 12.4 Å². The first-order valence-corrected chi connectivity index (χ1v) is 11.2. The van der Waals surface area contributed by atoms with Crippen molar-refractivity contribution in [2.24, 2.45) is 0 Å². The lowest BCUT2D eigenvalue weighted by Gasteiger charge is -2.09. The molecule has 2 aromatic carbocycles. The first-order valence-electron chi connectivity index (χ1n) is 9.39. The quantitative estimate of drug-likeness (QED) is 0.320. The highest BCUT2D eigenvalue weighted by Gasteiger charge is 2.15. The second-order valence-corrected chi connectivity index (χ2v) is 8.36. The Morgan fingerprint density at radius 1 is 1.00 bits per heavy atom. The van der Waals surface area contributed by atoms with Gasteiger partial charge in [-0.05, 0) is 29.8 Å². The van der Waals surface area contributed by atoms with Crippen LogP contribution in [0.4, 0.5) is 0 Å². The van der Waals surface area contributed by atoms with Crippen molar-refractivity contribution in [1.29, 1.82) is 0 Å². The van der Waals surface area contributed by atoms with E-state index in [1.807, 2.05) is 42.5 Å². The van der Waals surface area contributed by atoms with Crippen LogP contribution in [0.1, 0.15) is 17.3 Å². The van der Waals surface area contributed by atoms with E-state index in [2.05, 4.69) is 53.0 Å². The fraction of sp³-hybridized carbons (Fsp3) is 0.238. The molecule has 0 unspecified atom stereocenters. The van der Waals surface area contributed by atoms with Crippen LogP contribution >= 0.6 is 27.7 Å². The van der Waals surface area contributed by atoms with Gasteiger partial charge in [-0.2, -0.15) is 0 Å². The smallest absolute Gasteiger partial charge is 0.247 e. The summed E-state index contributed by atoms with van der Waals surface area (Å²) in [6, 6.07) is 18.0. The Hall–Kier alpha value is -2.49. The highest BCUT2D eigenvalue weighted by molar-refractivity contribution is 9.10. The molecule has 0 aliphatic carbocycles. The molecule has 0 radical (unpaired) electrons. The molecule has 0 bridgehead atoms. The lowest BCUT2D eigenvalue weighted by molar-refractivity contribution is 0.184. The minimum Gasteiger partial charge on any atom is -0.420 e. The average Bonchev–Trinajstić information content (AvgIpc) is 3.39. The summed E-state index contributed by atoms with van der Waals surface area (Å²) < 4.78 is 14.2. The van der Waals surface area contributed by atoms with Crippen molar-refractivity contribution in [1.82, 2.24) is 25.0 Å². The standard InChI is InChI=1S/C21H20BrN5O2S/c1-28-12-11-27-18(13-15-5-3-2-4-6-15)23-26-21(27)30-14-19-24-25-20(29-19)16-7-9-17(22)10-8-16/h2-10H,11-14H2,1H3. The average molecular weight is 486 g/mol. The van der Waals surface area contributed by atoms with Gasteiger partial charge < -0.3 is 13.7 Å². The van der Waals surface area contributed by atoms with Crippen LogP contribution in [0.5, 0.6) is 0 Å². The van der Waals surface area contributed by atoms with Crippen LogP contribution in [0.2, 0.25) is 0 Å². The Balaban J connectivity index is 1.47. The molecule has 30 heavy (non-hydrogen) atoms. The van der Waals surface area contributed by atoms with Crippen molar-refractivity contribution in [3.8, 4) is 11.5 Å². The van der Waals surface area contributed by atoms with Gasteiger partial charge in [-0.3, -0.25) is 0 Å². The number of hydrogen-bond donors (Lipinski definition) is 0. The molecule has 0 amide bonds. The summed E-state index contributed by atoms with van der Waals surface area (Å²) >= 11 is 4.95. The van der Waals surface area contributed by atoms with Gasteiger partial charge in [-0.15, -0.1) is 20.4 Å². The number of methoxy groups -OCH3 is 1. The maximum absolute atomic E-state index is 5.81. The van der Waals surface area contributed by atoms with Crippen LogP contribution in [-0.4, -0.2) is 38.7 Å². The summed E-state index contributed by atoms with van der Waals surface area (Å²) in [5.41, 5.74) is 2.08. The second-order valence-electron chi connectivity index (χ2n) is 6.50. The molecule has 0 aliphatic rings. The molecular weight excluding hydrogens is 466 g/mol. The van der Waals surface area contributed by atoms with Gasteiger partial charge in [0.2, 0.25) is 11.8 Å². The van der Waals surface area contributed by atoms with Gasteiger partial charge in [-0.1, -0.05) is 58.0 Å². The van der Waals surface area contributed by atoms with Gasteiger partial charge in [0.25, 0.3) is 0 Å². The van der Waals surface area contributed by atoms with Crippen molar-refractivity contribution < 1.29 is 9.15 Å². The van der Waals surface area contributed by atoms with E-state index in [0.717, 1.165) is 21.0 Å². The minimum absolute atomic E-state index is 0.503. The van der Waals surface area contributed by atoms with Crippen molar-refractivity contribution in [3.63, 3.8) is 0 Å². The molecule has 0 aliphatic heterocycles. The number of halogens is 1. The first-order chi connectivity index (χ1) is 14.7. The summed E-state index contributed by atoms with van der Waals surface area (Å²) in [7, 11) is 1.69. The molecule has 0 saturated heterocycles. The molecule has 7 nitrogen and oxygen atoms in total. The predicted molar refractivity (Wildman–Crippen MR) is 118 cm³/mol. The topological polar surface area (TPSA) is 78.9 Å². The zero-order chi connectivity index (χ0) is 20.8. The summed E-state index contributed by atoms with van der Waals surface area (Å²) in [5, 5.41) is 17.9. The molecule has 4 aromatic rings. The Labute approximate surface area is 187 Å². The van der Waals surface area contributed by atoms with Crippen molar-refractivity contribution in [2.75, 3.05) is 13.7 Å². The molecule has 0 N–H and O–H groups in total. The third-order valence-electron chi connectivity index (χ3n) is 4.40. The largest absolute Gasteiger partial charge is 0.420 e. The molecular formula is C21H20BrN5O2S. The number of ether oxygens (including phenoxy) is 1. The lowest BCUT2D eigenvalue weighted by Crippen LogP contribution is -2.10. The van der Waals surface area contributed by atoms with Crippen LogP contribution in [0.15, 0.2) is 68.6 Å². The molecule has 0 fully saturated rings. The van der Waals surface area contributed by atoms with Gasteiger partial charge in [-0.25, -0.2) is 0 Å². The molecule has 4 rings (SSSR count). The lowest BCUT2D eigenvalue weighted by atomic mass is 10.1. The van der Waals surface area contributed by atoms with E-state index in [0.29, 0.717) is 37.1 Å². The molecule has 9 heteroatoms. The van der Waals surface area contributed by atoms with E-state index in [1.165, 1.54) is 17.3 Å². The fourth-order valence-corrected chi connectivity index (χ4v) is 3.97. The Kier molecular flexibility index (Phi) is 6.93. The Morgan fingerprint density at radius 2 is 1.80 bits per heavy atom. The van der Waals surface area contributed by atoms with E-state index in [-0.39, 0.29) is 0 Å². The van der Waals surface area contributed by atoms with Crippen LogP contribution in [0, 0.1) is 0 Å². The first kappa shape index (κ1) is 20.8. The van der Waals surface area contributed by atoms with E-state index in [4.69, 9.17) is 9.15 Å². The summed E-state index contributed by atoms with van der Waals surface area (Å²) in [5.74, 6) is 2.47. The monoisotopic (exact) mass is 485 g/mol. The maximum Gasteiger partial charge on any atom is 0.247 e. The molecule has 154 valence electrons. The van der Waals surface area contributed by atoms with E-state index >= 15 is 0 Å². The number of thioether (sulfide) groups is 1. The number of nitrogens with zero attached hydrogens (tertiary/aromatic N) is 5. The maximum atomic E-state index is 5.81. The van der Waals surface area contributed by atoms with Gasteiger partial charge >= 0.3 is 0 Å². The fourth-order valence-electron chi connectivity index (χ4n) is 2.89. The molecule has 2 aromatic heterocycles. The summed E-state index contributed by atoms with van der Waals surface area (Å²) in [6.45, 7) is 1.27. The zero-order valence-corrected chi connectivity index (χ0v) is 18.8. The highest BCUT2D eigenvalue weighted by atomic mass is 79.9. The van der Waals surface area contributed by atoms with Crippen molar-refractivity contribution in [2.45, 2.75) is 23.9 Å². The van der Waals surface area contributed by atoms with Gasteiger partial charge in [0, 0.05) is 30.1 Å². The SMILES string of the molecule is COCCn1c(Cc2ccccc2)nnc1SCc1nnc(-c2ccc(Br)cc2)o1. The number of rotatable bonds is 9. The molecule has 0 atom stereocenters. The second kappa shape index (κ2) is 10.0. The Morgan fingerprint density at radius 3 is 2.57 bits per heavy atom. The minimum atomic E-state index is 0.503. The van der Waals surface area contributed by atoms with Gasteiger partial charge in [0.15, 0.2) is 5.16 Å². The van der Waals surface area contributed by atoms with Crippen molar-refractivity contribution >= 4 is 27.7 Å². The molecule has 2 heterocycles. The van der Waals surface area contributed by atoms with Crippen LogP contribution in [0.3, 0.4) is 0 Å². The van der Waals surface area contributed by atoms with E-state index in [1.54, 1.807) is 7.11 Å². The number of aromatic nitrogens is 5. The highest BCUT2D eigenvalue weighted by Crippen LogP contribution is 2.25. The number of hydrogen-bond acceptors (Lipinski definition) is 7. The predicted octanol–water partition coefficient (Wildman–Crippen LogP) is 4.62. The zero-order valence-electron chi connectivity index (χ0n) is 16.4.